The van der Waals surface area contributed by atoms with Gasteiger partial charge in [-0.2, -0.15) is 0 Å². The molecule has 21 heavy (non-hydrogen) atoms. The molecule has 0 radical (unpaired) electrons. The van der Waals surface area contributed by atoms with E-state index in [0.29, 0.717) is 5.75 Å². The van der Waals surface area contributed by atoms with Gasteiger partial charge < -0.3 is 4.74 Å². The lowest BCUT2D eigenvalue weighted by Crippen LogP contribution is -2.23. The average molecular weight is 280 g/mol. The zero-order valence-electron chi connectivity index (χ0n) is 12.6. The van der Waals surface area contributed by atoms with Crippen molar-refractivity contribution >= 4 is 5.78 Å². The number of Topliss-reactive ketones (excluding diaryl/α,β-unsaturated/α-hetero) is 1. The van der Waals surface area contributed by atoms with Crippen LogP contribution in [0.3, 0.4) is 0 Å². The van der Waals surface area contributed by atoms with E-state index in [4.69, 9.17) is 4.74 Å². The molecule has 0 amide bonds. The van der Waals surface area contributed by atoms with E-state index in [-0.39, 0.29) is 11.7 Å². The molecule has 0 aromatic heterocycles. The van der Waals surface area contributed by atoms with E-state index in [1.165, 1.54) is 11.1 Å². The predicted molar refractivity (Wildman–Crippen MR) is 84.0 cm³/mol. The van der Waals surface area contributed by atoms with Crippen molar-refractivity contribution in [1.29, 1.82) is 0 Å². The lowest BCUT2D eigenvalue weighted by Gasteiger charge is -2.24. The van der Waals surface area contributed by atoms with Crippen LogP contribution in [0.15, 0.2) is 42.5 Å². The Bertz CT molecular complexity index is 673. The summed E-state index contributed by atoms with van der Waals surface area (Å²) in [6.45, 7) is 2.01. The molecule has 0 aliphatic heterocycles. The Hall–Kier alpha value is -2.09. The van der Waals surface area contributed by atoms with Crippen molar-refractivity contribution in [2.75, 3.05) is 7.11 Å². The van der Waals surface area contributed by atoms with E-state index in [0.717, 1.165) is 30.4 Å². The Balaban J connectivity index is 1.89. The van der Waals surface area contributed by atoms with E-state index < -0.39 is 0 Å². The molecule has 108 valence electrons. The van der Waals surface area contributed by atoms with Gasteiger partial charge in [0.05, 0.1) is 12.7 Å². The van der Waals surface area contributed by atoms with Crippen LogP contribution in [0.5, 0.6) is 5.75 Å². The molecule has 0 N–H and O–H groups in total. The van der Waals surface area contributed by atoms with Crippen molar-refractivity contribution in [3.05, 3.63) is 64.7 Å². The van der Waals surface area contributed by atoms with Crippen LogP contribution >= 0.6 is 0 Å². The monoisotopic (exact) mass is 280 g/mol. The number of methoxy groups -OCH3 is 1. The van der Waals surface area contributed by atoms with Crippen LogP contribution in [-0.4, -0.2) is 12.9 Å². The van der Waals surface area contributed by atoms with E-state index in [2.05, 4.69) is 24.3 Å². The molecule has 2 aromatic carbocycles. The molecular formula is C19H20O2. The van der Waals surface area contributed by atoms with Gasteiger partial charge in [-0.15, -0.1) is 0 Å². The molecule has 1 aliphatic rings. The van der Waals surface area contributed by atoms with Crippen LogP contribution in [0.2, 0.25) is 0 Å². The molecule has 1 atom stereocenters. The maximum Gasteiger partial charge on any atom is 0.170 e. The molecule has 0 bridgehead atoms. The van der Waals surface area contributed by atoms with Gasteiger partial charge in [-0.3, -0.25) is 4.79 Å². The number of aryl methyl sites for hydroxylation is 2. The number of rotatable bonds is 3. The third-order valence-corrected chi connectivity index (χ3v) is 4.34. The second kappa shape index (κ2) is 5.72. The normalized spacial score (nSPS) is 17.1. The highest BCUT2D eigenvalue weighted by molar-refractivity contribution is 6.00. The van der Waals surface area contributed by atoms with Crippen molar-refractivity contribution in [2.45, 2.75) is 26.2 Å². The molecule has 1 aliphatic carbocycles. The summed E-state index contributed by atoms with van der Waals surface area (Å²) in [6.07, 6.45) is 2.75. The fourth-order valence-corrected chi connectivity index (χ4v) is 3.16. The topological polar surface area (TPSA) is 26.3 Å². The first-order valence-electron chi connectivity index (χ1n) is 7.44. The van der Waals surface area contributed by atoms with Gasteiger partial charge >= 0.3 is 0 Å². The quantitative estimate of drug-likeness (QED) is 0.795. The maximum atomic E-state index is 12.9. The lowest BCUT2D eigenvalue weighted by molar-refractivity contribution is 0.0905. The predicted octanol–water partition coefficient (Wildman–Crippen LogP) is 3.99. The average Bonchev–Trinajstić information content (AvgIpc) is 2.53. The molecule has 2 nitrogen and oxygen atoms in total. The maximum absolute atomic E-state index is 12.9. The summed E-state index contributed by atoms with van der Waals surface area (Å²) < 4.78 is 5.36. The Kier molecular flexibility index (Phi) is 3.78. The largest absolute Gasteiger partial charge is 0.496 e. The molecule has 0 heterocycles. The van der Waals surface area contributed by atoms with Gasteiger partial charge in [-0.05, 0) is 49.4 Å². The van der Waals surface area contributed by atoms with Crippen LogP contribution in [0.1, 0.15) is 33.5 Å². The van der Waals surface area contributed by atoms with Crippen molar-refractivity contribution in [1.82, 2.24) is 0 Å². The molecular weight excluding hydrogens is 260 g/mol. The summed E-state index contributed by atoms with van der Waals surface area (Å²) in [4.78, 5) is 12.9. The van der Waals surface area contributed by atoms with Gasteiger partial charge in [0.15, 0.2) is 5.78 Å². The Labute approximate surface area is 125 Å². The zero-order valence-corrected chi connectivity index (χ0v) is 12.6. The molecule has 0 spiro atoms. The van der Waals surface area contributed by atoms with Crippen molar-refractivity contribution in [3.63, 3.8) is 0 Å². The van der Waals surface area contributed by atoms with Crippen LogP contribution in [0.4, 0.5) is 0 Å². The number of ether oxygens (including phenoxy) is 1. The molecule has 3 rings (SSSR count). The van der Waals surface area contributed by atoms with Gasteiger partial charge in [0.2, 0.25) is 0 Å². The zero-order chi connectivity index (χ0) is 14.8. The number of carbonyl (C=O) groups excluding carboxylic acids is 1. The summed E-state index contributed by atoms with van der Waals surface area (Å²) in [6, 6.07) is 14.3. The Morgan fingerprint density at radius 3 is 2.67 bits per heavy atom. The van der Waals surface area contributed by atoms with Crippen molar-refractivity contribution in [3.8, 4) is 5.75 Å². The standard InChI is InChI=1S/C19H20O2/c1-13-7-10-18(21-2)17(11-13)19(20)16-9-8-14-5-3-4-6-15(14)12-16/h3-7,10-11,16H,8-9,12H2,1-2H3. The van der Waals surface area contributed by atoms with E-state index in [1.807, 2.05) is 25.1 Å². The molecule has 0 saturated carbocycles. The summed E-state index contributed by atoms with van der Waals surface area (Å²) in [5, 5.41) is 0. The fraction of sp³-hybridized carbons (Fsp3) is 0.316. The highest BCUT2D eigenvalue weighted by Crippen LogP contribution is 2.30. The third-order valence-electron chi connectivity index (χ3n) is 4.34. The SMILES string of the molecule is COc1ccc(C)cc1C(=O)C1CCc2ccccc2C1. The van der Waals surface area contributed by atoms with Crippen LogP contribution in [0.25, 0.3) is 0 Å². The summed E-state index contributed by atoms with van der Waals surface area (Å²) in [5.41, 5.74) is 4.52. The van der Waals surface area contributed by atoms with E-state index >= 15 is 0 Å². The second-order valence-electron chi connectivity index (χ2n) is 5.78. The first-order valence-corrected chi connectivity index (χ1v) is 7.44. The van der Waals surface area contributed by atoms with Gasteiger partial charge in [0.25, 0.3) is 0 Å². The summed E-state index contributed by atoms with van der Waals surface area (Å²) >= 11 is 0. The number of hydrogen-bond donors (Lipinski definition) is 0. The first-order chi connectivity index (χ1) is 10.2. The van der Waals surface area contributed by atoms with Crippen LogP contribution in [0, 0.1) is 12.8 Å². The van der Waals surface area contributed by atoms with Crippen molar-refractivity contribution < 1.29 is 9.53 Å². The highest BCUT2D eigenvalue weighted by Gasteiger charge is 2.27. The molecule has 0 saturated heterocycles. The van der Waals surface area contributed by atoms with Gasteiger partial charge in [-0.1, -0.05) is 35.9 Å². The molecule has 2 heteroatoms. The van der Waals surface area contributed by atoms with Gasteiger partial charge in [0.1, 0.15) is 5.75 Å². The first kappa shape index (κ1) is 13.9. The molecule has 2 aromatic rings. The minimum Gasteiger partial charge on any atom is -0.496 e. The van der Waals surface area contributed by atoms with Gasteiger partial charge in [-0.25, -0.2) is 0 Å². The lowest BCUT2D eigenvalue weighted by atomic mass is 9.80. The van der Waals surface area contributed by atoms with E-state index in [1.54, 1.807) is 7.11 Å². The minimum atomic E-state index is 0.0654. The fourth-order valence-electron chi connectivity index (χ4n) is 3.16. The minimum absolute atomic E-state index is 0.0654. The summed E-state index contributed by atoms with van der Waals surface area (Å²) in [7, 11) is 1.62. The number of ketones is 1. The smallest absolute Gasteiger partial charge is 0.170 e. The van der Waals surface area contributed by atoms with E-state index in [9.17, 15) is 4.79 Å². The number of benzene rings is 2. The van der Waals surface area contributed by atoms with Gasteiger partial charge in [0, 0.05) is 5.92 Å². The number of fused-ring (bicyclic) bond motifs is 1. The van der Waals surface area contributed by atoms with Crippen molar-refractivity contribution in [2.24, 2.45) is 5.92 Å². The van der Waals surface area contributed by atoms with Crippen LogP contribution < -0.4 is 4.74 Å². The number of hydrogen-bond acceptors (Lipinski definition) is 2. The molecule has 0 fully saturated rings. The Morgan fingerprint density at radius 2 is 1.90 bits per heavy atom. The third kappa shape index (κ3) is 2.71. The highest BCUT2D eigenvalue weighted by atomic mass is 16.5. The molecule has 1 unspecified atom stereocenters. The van der Waals surface area contributed by atoms with Crippen LogP contribution in [-0.2, 0) is 12.8 Å². The second-order valence-corrected chi connectivity index (χ2v) is 5.78. The Morgan fingerprint density at radius 1 is 1.14 bits per heavy atom. The summed E-state index contributed by atoms with van der Waals surface area (Å²) in [5.74, 6) is 0.963. The number of carbonyl (C=O) groups is 1.